The molecule has 0 saturated heterocycles. The summed E-state index contributed by atoms with van der Waals surface area (Å²) in [5, 5.41) is 1.27. The van der Waals surface area contributed by atoms with E-state index in [4.69, 9.17) is 11.6 Å². The van der Waals surface area contributed by atoms with Crippen LogP contribution in [0, 0.1) is 0 Å². The minimum Gasteiger partial charge on any atom is -0.465 e. The van der Waals surface area contributed by atoms with Crippen molar-refractivity contribution in [2.75, 3.05) is 7.11 Å². The van der Waals surface area contributed by atoms with Gasteiger partial charge in [-0.25, -0.2) is 4.79 Å². The zero-order chi connectivity index (χ0) is 9.14. The number of rotatable bonds is 2. The zero-order valence-electron chi connectivity index (χ0n) is 6.27. The van der Waals surface area contributed by atoms with Crippen LogP contribution in [0.3, 0.4) is 0 Å². The van der Waals surface area contributed by atoms with E-state index in [1.54, 1.807) is 6.07 Å². The van der Waals surface area contributed by atoms with Gasteiger partial charge >= 0.3 is 5.97 Å². The second kappa shape index (κ2) is 4.25. The Labute approximate surface area is 87.6 Å². The molecule has 1 aromatic heterocycles. The van der Waals surface area contributed by atoms with Gasteiger partial charge in [-0.3, -0.25) is 0 Å². The lowest BCUT2D eigenvalue weighted by Crippen LogP contribution is -1.96. The molecule has 0 N–H and O–H groups in total. The molecule has 1 aromatic rings. The van der Waals surface area contributed by atoms with Gasteiger partial charge in [0.25, 0.3) is 0 Å². The molecule has 0 aromatic carbocycles. The quantitative estimate of drug-likeness (QED) is 0.609. The number of hydrogen-bond acceptors (Lipinski definition) is 3. The first kappa shape index (κ1) is 10.0. The van der Waals surface area contributed by atoms with Gasteiger partial charge in [-0.15, -0.1) is 11.3 Å². The fraction of sp³-hybridized carbons (Fsp3) is 0.286. The second-order valence-electron chi connectivity index (χ2n) is 2.01. The summed E-state index contributed by atoms with van der Waals surface area (Å²) in [5.74, 6) is -0.339. The molecule has 0 aliphatic carbocycles. The summed E-state index contributed by atoms with van der Waals surface area (Å²) in [7, 11) is 1.35. The molecule has 0 amide bonds. The third-order valence-corrected chi connectivity index (χ3v) is 3.76. The Hall–Kier alpha value is -0.0600. The van der Waals surface area contributed by atoms with Crippen LogP contribution in [0.25, 0.3) is 0 Å². The Balaban J connectivity index is 2.96. The Morgan fingerprint density at radius 2 is 2.50 bits per heavy atom. The van der Waals surface area contributed by atoms with E-state index in [0.29, 0.717) is 15.2 Å². The molecule has 0 spiro atoms. The van der Waals surface area contributed by atoms with Crippen molar-refractivity contribution in [3.8, 4) is 0 Å². The summed E-state index contributed by atoms with van der Waals surface area (Å²) in [4.78, 5) is 12.5. The molecule has 1 rings (SSSR count). The van der Waals surface area contributed by atoms with Crippen LogP contribution in [0.2, 0.25) is 5.02 Å². The molecule has 12 heavy (non-hydrogen) atoms. The van der Waals surface area contributed by atoms with Gasteiger partial charge in [0.1, 0.15) is 4.88 Å². The molecule has 66 valence electrons. The number of ether oxygens (including phenoxy) is 1. The molecule has 0 aliphatic heterocycles. The first-order chi connectivity index (χ1) is 5.69. The van der Waals surface area contributed by atoms with Gasteiger partial charge < -0.3 is 4.74 Å². The van der Waals surface area contributed by atoms with Crippen LogP contribution in [-0.4, -0.2) is 13.1 Å². The molecule has 1 heterocycles. The van der Waals surface area contributed by atoms with Crippen LogP contribution in [-0.2, 0) is 10.1 Å². The first-order valence-corrected chi connectivity index (χ1v) is 5.43. The average molecular weight is 270 g/mol. The van der Waals surface area contributed by atoms with Crippen LogP contribution in [0.15, 0.2) is 6.07 Å². The van der Waals surface area contributed by atoms with Gasteiger partial charge in [0.2, 0.25) is 0 Å². The summed E-state index contributed by atoms with van der Waals surface area (Å²) in [6.07, 6.45) is 0. The molecule has 0 aliphatic rings. The minimum atomic E-state index is -0.339. The molecule has 0 unspecified atom stereocenters. The highest BCUT2D eigenvalue weighted by Crippen LogP contribution is 2.29. The molecule has 0 radical (unpaired) electrons. The lowest BCUT2D eigenvalue weighted by atomic mass is 10.4. The fourth-order valence-electron chi connectivity index (χ4n) is 0.699. The highest BCUT2D eigenvalue weighted by atomic mass is 79.9. The number of alkyl halides is 1. The number of halogens is 2. The third-order valence-electron chi connectivity index (χ3n) is 1.27. The molecule has 0 fully saturated rings. The van der Waals surface area contributed by atoms with E-state index in [1.807, 2.05) is 0 Å². The van der Waals surface area contributed by atoms with E-state index < -0.39 is 0 Å². The molecular formula is C7H6BrClO2S. The summed E-state index contributed by atoms with van der Waals surface area (Å²) in [6, 6.07) is 1.62. The SMILES string of the molecule is COC(=O)c1cc(Cl)c(CBr)s1. The van der Waals surface area contributed by atoms with Crippen LogP contribution >= 0.6 is 38.9 Å². The fourth-order valence-corrected chi connectivity index (χ4v) is 2.68. The van der Waals surface area contributed by atoms with Crippen molar-refractivity contribution >= 4 is 44.8 Å². The maximum absolute atomic E-state index is 11.0. The van der Waals surface area contributed by atoms with E-state index >= 15 is 0 Å². The van der Waals surface area contributed by atoms with Gasteiger partial charge in [0, 0.05) is 10.2 Å². The predicted molar refractivity (Wildman–Crippen MR) is 53.3 cm³/mol. The molecular weight excluding hydrogens is 263 g/mol. The van der Waals surface area contributed by atoms with Crippen LogP contribution < -0.4 is 0 Å². The van der Waals surface area contributed by atoms with Gasteiger partial charge in [-0.2, -0.15) is 0 Å². The Morgan fingerprint density at radius 3 is 2.92 bits per heavy atom. The molecule has 5 heteroatoms. The molecule has 0 saturated carbocycles. The van der Waals surface area contributed by atoms with Crippen molar-refractivity contribution in [3.05, 3.63) is 20.8 Å². The summed E-state index contributed by atoms with van der Waals surface area (Å²) < 4.78 is 4.55. The standard InChI is InChI=1S/C7H6BrClO2S/c1-11-7(10)5-2-4(9)6(3-8)12-5/h2H,3H2,1H3. The van der Waals surface area contributed by atoms with E-state index in [0.717, 1.165) is 4.88 Å². The Kier molecular flexibility index (Phi) is 3.55. The van der Waals surface area contributed by atoms with Crippen molar-refractivity contribution in [1.82, 2.24) is 0 Å². The van der Waals surface area contributed by atoms with Crippen molar-refractivity contribution in [2.45, 2.75) is 5.33 Å². The third kappa shape index (κ3) is 2.00. The molecule has 0 bridgehead atoms. The largest absolute Gasteiger partial charge is 0.465 e. The summed E-state index contributed by atoms with van der Waals surface area (Å²) >= 11 is 10.4. The van der Waals surface area contributed by atoms with Crippen LogP contribution in [0.4, 0.5) is 0 Å². The van der Waals surface area contributed by atoms with Crippen molar-refractivity contribution in [1.29, 1.82) is 0 Å². The maximum atomic E-state index is 11.0. The molecule has 2 nitrogen and oxygen atoms in total. The lowest BCUT2D eigenvalue weighted by molar-refractivity contribution is 0.0606. The number of carbonyl (C=O) groups excluding carboxylic acids is 1. The number of carbonyl (C=O) groups is 1. The highest BCUT2D eigenvalue weighted by molar-refractivity contribution is 9.08. The number of thiophene rings is 1. The van der Waals surface area contributed by atoms with Crippen molar-refractivity contribution in [3.63, 3.8) is 0 Å². The first-order valence-electron chi connectivity index (χ1n) is 3.11. The monoisotopic (exact) mass is 268 g/mol. The minimum absolute atomic E-state index is 0.339. The summed E-state index contributed by atoms with van der Waals surface area (Å²) in [6.45, 7) is 0. The van der Waals surface area contributed by atoms with Crippen LogP contribution in [0.5, 0.6) is 0 Å². The molecule has 0 atom stereocenters. The van der Waals surface area contributed by atoms with Gasteiger partial charge in [0.05, 0.1) is 12.1 Å². The predicted octanol–water partition coefficient (Wildman–Crippen LogP) is 3.08. The van der Waals surface area contributed by atoms with E-state index in [2.05, 4.69) is 20.7 Å². The second-order valence-corrected chi connectivity index (χ2v) is 4.11. The van der Waals surface area contributed by atoms with E-state index in [9.17, 15) is 4.79 Å². The van der Waals surface area contributed by atoms with E-state index in [-0.39, 0.29) is 5.97 Å². The summed E-state index contributed by atoms with van der Waals surface area (Å²) in [5.41, 5.74) is 0. The zero-order valence-corrected chi connectivity index (χ0v) is 9.42. The van der Waals surface area contributed by atoms with Gasteiger partial charge in [-0.1, -0.05) is 27.5 Å². The maximum Gasteiger partial charge on any atom is 0.348 e. The van der Waals surface area contributed by atoms with Crippen molar-refractivity contribution in [2.24, 2.45) is 0 Å². The topological polar surface area (TPSA) is 26.3 Å². The number of methoxy groups -OCH3 is 1. The van der Waals surface area contributed by atoms with E-state index in [1.165, 1.54) is 18.4 Å². The Bertz CT molecular complexity index is 298. The highest BCUT2D eigenvalue weighted by Gasteiger charge is 2.12. The van der Waals surface area contributed by atoms with Crippen LogP contribution in [0.1, 0.15) is 14.5 Å². The van der Waals surface area contributed by atoms with Crippen molar-refractivity contribution < 1.29 is 9.53 Å². The average Bonchev–Trinajstić information content (AvgIpc) is 2.45. The number of esters is 1. The Morgan fingerprint density at radius 1 is 1.83 bits per heavy atom. The lowest BCUT2D eigenvalue weighted by Gasteiger charge is -1.91. The van der Waals surface area contributed by atoms with Gasteiger partial charge in [-0.05, 0) is 6.07 Å². The normalized spacial score (nSPS) is 9.92. The smallest absolute Gasteiger partial charge is 0.348 e. The van der Waals surface area contributed by atoms with Gasteiger partial charge in [0.15, 0.2) is 0 Å². The number of hydrogen-bond donors (Lipinski definition) is 0.